The summed E-state index contributed by atoms with van der Waals surface area (Å²) in [6.07, 6.45) is 2.77. The number of fused-ring (bicyclic) bond motifs is 1. The van der Waals surface area contributed by atoms with Crippen LogP contribution in [0.2, 0.25) is 0 Å². The maximum Gasteiger partial charge on any atom is 0.242 e. The lowest BCUT2D eigenvalue weighted by Crippen LogP contribution is -2.27. The SMILES string of the molecule is CCCOCc1cc(C(=O)Cn2nc3ccc(OC(CC)CC)nn3c2=N)cc(C(C)(C)C)c1.[HH]. The van der Waals surface area contributed by atoms with E-state index in [1.165, 1.54) is 9.20 Å². The van der Waals surface area contributed by atoms with Crippen molar-refractivity contribution in [3.63, 3.8) is 0 Å². The van der Waals surface area contributed by atoms with Gasteiger partial charge in [-0.05, 0) is 54.0 Å². The predicted molar refractivity (Wildman–Crippen MR) is 133 cm³/mol. The summed E-state index contributed by atoms with van der Waals surface area (Å²) in [6, 6.07) is 9.43. The van der Waals surface area contributed by atoms with Gasteiger partial charge in [0.15, 0.2) is 11.4 Å². The molecule has 1 N–H and O–H groups in total. The summed E-state index contributed by atoms with van der Waals surface area (Å²) in [6.45, 7) is 13.7. The molecule has 0 bridgehead atoms. The van der Waals surface area contributed by atoms with Gasteiger partial charge < -0.3 is 9.47 Å². The molecule has 0 spiro atoms. The van der Waals surface area contributed by atoms with Crippen LogP contribution in [0.4, 0.5) is 0 Å². The van der Waals surface area contributed by atoms with Gasteiger partial charge in [0.2, 0.25) is 11.5 Å². The first-order chi connectivity index (χ1) is 16.2. The van der Waals surface area contributed by atoms with E-state index in [1.807, 2.05) is 12.1 Å². The fourth-order valence-electron chi connectivity index (χ4n) is 3.64. The van der Waals surface area contributed by atoms with Gasteiger partial charge in [0.05, 0.1) is 12.7 Å². The van der Waals surface area contributed by atoms with E-state index in [-0.39, 0.29) is 30.9 Å². The van der Waals surface area contributed by atoms with Crippen LogP contribution >= 0.6 is 0 Å². The molecule has 0 radical (unpaired) electrons. The number of hydrogen-bond acceptors (Lipinski definition) is 6. The van der Waals surface area contributed by atoms with E-state index in [9.17, 15) is 4.79 Å². The van der Waals surface area contributed by atoms with Gasteiger partial charge in [-0.1, -0.05) is 47.6 Å². The van der Waals surface area contributed by atoms with Crippen molar-refractivity contribution in [2.75, 3.05) is 6.61 Å². The third-order valence-electron chi connectivity index (χ3n) is 5.75. The first-order valence-electron chi connectivity index (χ1n) is 12.1. The molecule has 3 rings (SSSR count). The molecule has 0 atom stereocenters. The highest BCUT2D eigenvalue weighted by Crippen LogP contribution is 2.25. The van der Waals surface area contributed by atoms with Gasteiger partial charge in [-0.2, -0.15) is 4.52 Å². The highest BCUT2D eigenvalue weighted by molar-refractivity contribution is 5.96. The van der Waals surface area contributed by atoms with Gasteiger partial charge >= 0.3 is 0 Å². The number of carbonyl (C=O) groups is 1. The minimum atomic E-state index is -0.113. The Morgan fingerprint density at radius 1 is 1.12 bits per heavy atom. The largest absolute Gasteiger partial charge is 0.473 e. The molecule has 186 valence electrons. The van der Waals surface area contributed by atoms with Gasteiger partial charge in [0.25, 0.3) is 0 Å². The third-order valence-corrected chi connectivity index (χ3v) is 5.75. The van der Waals surface area contributed by atoms with Crippen LogP contribution in [0.1, 0.15) is 83.7 Å². The molecule has 8 heteroatoms. The summed E-state index contributed by atoms with van der Waals surface area (Å²) in [5.74, 6) is 0.332. The second-order valence-electron chi connectivity index (χ2n) is 9.62. The Hall–Kier alpha value is -3.00. The second kappa shape index (κ2) is 11.0. The van der Waals surface area contributed by atoms with Crippen molar-refractivity contribution in [2.24, 2.45) is 0 Å². The molecule has 1 aromatic carbocycles. The molecule has 0 unspecified atom stereocenters. The van der Waals surface area contributed by atoms with E-state index in [0.29, 0.717) is 30.3 Å². The molecule has 3 aromatic rings. The second-order valence-corrected chi connectivity index (χ2v) is 9.62. The van der Waals surface area contributed by atoms with E-state index in [0.717, 1.165) is 30.4 Å². The number of ketones is 1. The summed E-state index contributed by atoms with van der Waals surface area (Å²) < 4.78 is 14.4. The fourth-order valence-corrected chi connectivity index (χ4v) is 3.64. The molecule has 0 aliphatic rings. The first kappa shape index (κ1) is 25.6. The molecule has 2 aromatic heterocycles. The number of aromatic nitrogens is 4. The first-order valence-corrected chi connectivity index (χ1v) is 12.1. The minimum absolute atomic E-state index is 0. The summed E-state index contributed by atoms with van der Waals surface area (Å²) in [4.78, 5) is 13.3. The zero-order valence-electron chi connectivity index (χ0n) is 21.2. The number of nitrogens with zero attached hydrogens (tertiary/aromatic N) is 4. The topological polar surface area (TPSA) is 94.5 Å². The standard InChI is InChI=1S/C26H37N5O3.H2/c1-7-12-33-17-18-13-19(15-20(14-18)26(4,5)6)22(32)16-30-25(27)31-23(28-30)10-11-24(29-31)34-21(8-2)9-3;/h10-11,13-15,21,27H,7-9,12,16-17H2,1-6H3;1H. The van der Waals surface area contributed by atoms with Gasteiger partial charge in [-0.3, -0.25) is 10.2 Å². The van der Waals surface area contributed by atoms with E-state index in [4.69, 9.17) is 14.9 Å². The third kappa shape index (κ3) is 6.11. The zero-order valence-corrected chi connectivity index (χ0v) is 21.2. The Bertz CT molecular complexity index is 1190. The Morgan fingerprint density at radius 3 is 2.50 bits per heavy atom. The summed E-state index contributed by atoms with van der Waals surface area (Å²) in [5, 5.41) is 17.3. The van der Waals surface area contributed by atoms with Crippen LogP contribution < -0.4 is 10.4 Å². The fraction of sp³-hybridized carbons (Fsp3) is 0.538. The number of hydrogen-bond donors (Lipinski definition) is 1. The minimum Gasteiger partial charge on any atom is -0.473 e. The predicted octanol–water partition coefficient (Wildman–Crippen LogP) is 4.93. The van der Waals surface area contributed by atoms with Crippen LogP contribution in [-0.4, -0.2) is 37.9 Å². The number of Topliss-reactive ketones (excluding diaryl/α,β-unsaturated/α-hetero) is 1. The van der Waals surface area contributed by atoms with Gasteiger partial charge in [-0.25, -0.2) is 4.68 Å². The van der Waals surface area contributed by atoms with Gasteiger partial charge in [0, 0.05) is 19.7 Å². The van der Waals surface area contributed by atoms with E-state index in [1.54, 1.807) is 12.1 Å². The van der Waals surface area contributed by atoms with E-state index in [2.05, 4.69) is 57.8 Å². The average molecular weight is 470 g/mol. The summed E-state index contributed by atoms with van der Waals surface area (Å²) in [7, 11) is 0. The van der Waals surface area contributed by atoms with Crippen molar-refractivity contribution in [2.45, 2.75) is 85.5 Å². The molecule has 0 aliphatic carbocycles. The number of carbonyl (C=O) groups excluding carboxylic acids is 1. The summed E-state index contributed by atoms with van der Waals surface area (Å²) >= 11 is 0. The van der Waals surface area contributed by atoms with Crippen LogP contribution in [0.25, 0.3) is 5.65 Å². The molecule has 8 nitrogen and oxygen atoms in total. The van der Waals surface area contributed by atoms with Crippen molar-refractivity contribution in [3.05, 3.63) is 52.6 Å². The summed E-state index contributed by atoms with van der Waals surface area (Å²) in [5.41, 5.74) is 3.05. The van der Waals surface area contributed by atoms with Crippen LogP contribution in [0.5, 0.6) is 5.88 Å². The monoisotopic (exact) mass is 469 g/mol. The normalized spacial score (nSPS) is 12.0. The molecule has 0 amide bonds. The highest BCUT2D eigenvalue weighted by Gasteiger charge is 2.19. The molecular weight excluding hydrogens is 430 g/mol. The van der Waals surface area contributed by atoms with Crippen LogP contribution in [0, 0.1) is 5.41 Å². The quantitative estimate of drug-likeness (QED) is 0.317. The Morgan fingerprint density at radius 2 is 1.85 bits per heavy atom. The average Bonchev–Trinajstić information content (AvgIpc) is 3.11. The van der Waals surface area contributed by atoms with E-state index >= 15 is 0 Å². The Balaban J connectivity index is 0.00000432. The Kier molecular flexibility index (Phi) is 8.25. The number of ether oxygens (including phenoxy) is 2. The lowest BCUT2D eigenvalue weighted by atomic mass is 9.84. The molecule has 0 fully saturated rings. The van der Waals surface area contributed by atoms with Gasteiger partial charge in [0.1, 0.15) is 6.54 Å². The molecule has 0 saturated heterocycles. The Labute approximate surface area is 202 Å². The molecule has 0 saturated carbocycles. The highest BCUT2D eigenvalue weighted by atomic mass is 16.5. The zero-order chi connectivity index (χ0) is 24.9. The number of nitrogens with one attached hydrogen (secondary N) is 1. The van der Waals surface area contributed by atoms with Crippen molar-refractivity contribution < 1.29 is 15.7 Å². The van der Waals surface area contributed by atoms with Crippen molar-refractivity contribution in [1.82, 2.24) is 19.4 Å². The van der Waals surface area contributed by atoms with Crippen LogP contribution in [0.3, 0.4) is 0 Å². The van der Waals surface area contributed by atoms with E-state index < -0.39 is 0 Å². The van der Waals surface area contributed by atoms with Crippen molar-refractivity contribution >= 4 is 11.4 Å². The van der Waals surface area contributed by atoms with Crippen LogP contribution in [-0.2, 0) is 23.3 Å². The maximum absolute atomic E-state index is 13.3. The lowest BCUT2D eigenvalue weighted by molar-refractivity contribution is 0.0964. The molecule has 2 heterocycles. The lowest BCUT2D eigenvalue weighted by Gasteiger charge is -2.21. The maximum atomic E-state index is 13.3. The number of rotatable bonds is 11. The number of benzene rings is 1. The molecular formula is C26H39N5O3. The van der Waals surface area contributed by atoms with Crippen molar-refractivity contribution in [1.29, 1.82) is 5.41 Å². The van der Waals surface area contributed by atoms with Crippen molar-refractivity contribution in [3.8, 4) is 5.88 Å². The van der Waals surface area contributed by atoms with Crippen LogP contribution in [0.15, 0.2) is 30.3 Å². The molecule has 0 aliphatic heterocycles. The molecule has 34 heavy (non-hydrogen) atoms. The van der Waals surface area contributed by atoms with Gasteiger partial charge in [-0.15, -0.1) is 10.2 Å². The smallest absolute Gasteiger partial charge is 0.242 e.